The van der Waals surface area contributed by atoms with Crippen LogP contribution in [0.2, 0.25) is 0 Å². The third kappa shape index (κ3) is 6.22. The molecule has 122 valence electrons. The minimum absolute atomic E-state index is 0.331. The molecule has 2 aliphatic rings. The lowest BCUT2D eigenvalue weighted by atomic mass is 10.2. The number of aliphatic imine (C=N–C) groups is 1. The van der Waals surface area contributed by atoms with E-state index in [2.05, 4.69) is 22.5 Å². The Morgan fingerprint density at radius 1 is 1.43 bits per heavy atom. The summed E-state index contributed by atoms with van der Waals surface area (Å²) in [6, 6.07) is 0.631. The first-order chi connectivity index (χ1) is 10.3. The van der Waals surface area contributed by atoms with Crippen molar-refractivity contribution in [2.24, 2.45) is 10.9 Å². The van der Waals surface area contributed by atoms with Crippen LogP contribution in [0.1, 0.15) is 45.4 Å². The van der Waals surface area contributed by atoms with Crippen LogP contribution in [0.3, 0.4) is 0 Å². The lowest BCUT2D eigenvalue weighted by Gasteiger charge is -2.13. The average Bonchev–Trinajstić information content (AvgIpc) is 3.01. The Labute approximate surface area is 128 Å². The van der Waals surface area contributed by atoms with E-state index in [1.54, 1.807) is 0 Å². The van der Waals surface area contributed by atoms with Crippen LogP contribution in [0.4, 0.5) is 0 Å². The number of hydrogen-bond donors (Lipinski definition) is 2. The standard InChI is InChI=1S/C16H31N3O2/c1-3-6-13-11-15(13)19-16(17-2)18-8-5-9-20-12-14-7-4-10-21-14/h13-15H,3-12H2,1-2H3,(H2,17,18,19). The SMILES string of the molecule is CCCC1CC1NC(=NC)NCCCOCC1CCCO1. The summed E-state index contributed by atoms with van der Waals surface area (Å²) in [6.07, 6.45) is 7.54. The average molecular weight is 297 g/mol. The molecule has 0 amide bonds. The molecule has 0 spiro atoms. The van der Waals surface area contributed by atoms with Gasteiger partial charge in [0, 0.05) is 32.8 Å². The zero-order chi connectivity index (χ0) is 14.9. The maximum atomic E-state index is 5.65. The van der Waals surface area contributed by atoms with E-state index in [-0.39, 0.29) is 0 Å². The van der Waals surface area contributed by atoms with E-state index in [4.69, 9.17) is 9.47 Å². The van der Waals surface area contributed by atoms with Gasteiger partial charge < -0.3 is 20.1 Å². The maximum Gasteiger partial charge on any atom is 0.191 e. The molecule has 1 saturated carbocycles. The smallest absolute Gasteiger partial charge is 0.191 e. The first-order valence-electron chi connectivity index (χ1n) is 8.50. The van der Waals surface area contributed by atoms with Gasteiger partial charge in [0.15, 0.2) is 5.96 Å². The van der Waals surface area contributed by atoms with Gasteiger partial charge in [0.2, 0.25) is 0 Å². The lowest BCUT2D eigenvalue weighted by molar-refractivity contribution is 0.0168. The molecule has 0 aromatic heterocycles. The van der Waals surface area contributed by atoms with Gasteiger partial charge in [-0.1, -0.05) is 13.3 Å². The third-order valence-corrected chi connectivity index (χ3v) is 4.21. The molecule has 0 bridgehead atoms. The van der Waals surface area contributed by atoms with Gasteiger partial charge in [0.1, 0.15) is 0 Å². The van der Waals surface area contributed by atoms with E-state index < -0.39 is 0 Å². The highest BCUT2D eigenvalue weighted by atomic mass is 16.5. The van der Waals surface area contributed by atoms with Crippen molar-refractivity contribution in [2.45, 2.75) is 57.6 Å². The van der Waals surface area contributed by atoms with E-state index in [0.717, 1.165) is 51.1 Å². The van der Waals surface area contributed by atoms with Crippen LogP contribution in [-0.2, 0) is 9.47 Å². The predicted molar refractivity (Wildman–Crippen MR) is 85.7 cm³/mol. The molecule has 5 nitrogen and oxygen atoms in total. The Bertz CT molecular complexity index is 317. The van der Waals surface area contributed by atoms with E-state index in [9.17, 15) is 0 Å². The maximum absolute atomic E-state index is 5.65. The Morgan fingerprint density at radius 3 is 3.05 bits per heavy atom. The number of hydrogen-bond acceptors (Lipinski definition) is 3. The highest BCUT2D eigenvalue weighted by molar-refractivity contribution is 5.80. The van der Waals surface area contributed by atoms with Crippen molar-refractivity contribution in [3.63, 3.8) is 0 Å². The van der Waals surface area contributed by atoms with Crippen molar-refractivity contribution in [3.8, 4) is 0 Å². The first kappa shape index (κ1) is 16.6. The summed E-state index contributed by atoms with van der Waals surface area (Å²) in [6.45, 7) is 5.58. The number of nitrogens with zero attached hydrogens (tertiary/aromatic N) is 1. The molecule has 1 aliphatic carbocycles. The zero-order valence-electron chi connectivity index (χ0n) is 13.6. The van der Waals surface area contributed by atoms with Gasteiger partial charge in [-0.05, 0) is 38.0 Å². The molecule has 0 aromatic carbocycles. The largest absolute Gasteiger partial charge is 0.379 e. The van der Waals surface area contributed by atoms with Crippen LogP contribution >= 0.6 is 0 Å². The van der Waals surface area contributed by atoms with Gasteiger partial charge in [0.05, 0.1) is 12.7 Å². The van der Waals surface area contributed by atoms with Crippen LogP contribution in [0.5, 0.6) is 0 Å². The van der Waals surface area contributed by atoms with Crippen molar-refractivity contribution < 1.29 is 9.47 Å². The van der Waals surface area contributed by atoms with Gasteiger partial charge in [0.25, 0.3) is 0 Å². The fourth-order valence-electron chi connectivity index (χ4n) is 2.86. The van der Waals surface area contributed by atoms with Crippen LogP contribution < -0.4 is 10.6 Å². The lowest BCUT2D eigenvalue weighted by Crippen LogP contribution is -2.39. The fraction of sp³-hybridized carbons (Fsp3) is 0.938. The van der Waals surface area contributed by atoms with E-state index >= 15 is 0 Å². The Morgan fingerprint density at radius 2 is 2.33 bits per heavy atom. The Kier molecular flexibility index (Phi) is 7.30. The minimum atomic E-state index is 0.331. The highest BCUT2D eigenvalue weighted by Crippen LogP contribution is 2.34. The van der Waals surface area contributed by atoms with Crippen LogP contribution in [-0.4, -0.2) is 51.5 Å². The summed E-state index contributed by atoms with van der Waals surface area (Å²) in [5.41, 5.74) is 0. The van der Waals surface area contributed by atoms with Crippen molar-refractivity contribution >= 4 is 5.96 Å². The normalized spacial score (nSPS) is 28.7. The summed E-state index contributed by atoms with van der Waals surface area (Å²) < 4.78 is 11.2. The molecule has 2 fully saturated rings. The van der Waals surface area contributed by atoms with Gasteiger partial charge in [-0.15, -0.1) is 0 Å². The molecule has 21 heavy (non-hydrogen) atoms. The van der Waals surface area contributed by atoms with Crippen LogP contribution in [0.15, 0.2) is 4.99 Å². The number of ether oxygens (including phenoxy) is 2. The predicted octanol–water partition coefficient (Wildman–Crippen LogP) is 1.93. The summed E-state index contributed by atoms with van der Waals surface area (Å²) in [4.78, 5) is 4.28. The van der Waals surface area contributed by atoms with E-state index in [1.165, 1.54) is 25.7 Å². The molecular weight excluding hydrogens is 266 g/mol. The molecule has 3 unspecified atom stereocenters. The molecule has 1 heterocycles. The number of nitrogens with one attached hydrogen (secondary N) is 2. The Hall–Kier alpha value is -0.810. The number of guanidine groups is 1. The van der Waals surface area contributed by atoms with E-state index in [1.807, 2.05) is 7.05 Å². The topological polar surface area (TPSA) is 54.9 Å². The molecule has 2 N–H and O–H groups in total. The third-order valence-electron chi connectivity index (χ3n) is 4.21. The molecule has 3 atom stereocenters. The van der Waals surface area contributed by atoms with Crippen molar-refractivity contribution in [2.75, 3.05) is 33.4 Å². The van der Waals surface area contributed by atoms with Crippen molar-refractivity contribution in [3.05, 3.63) is 0 Å². The highest BCUT2D eigenvalue weighted by Gasteiger charge is 2.36. The first-order valence-corrected chi connectivity index (χ1v) is 8.50. The summed E-state index contributed by atoms with van der Waals surface area (Å²) in [5, 5.41) is 6.85. The van der Waals surface area contributed by atoms with Gasteiger partial charge in [-0.3, -0.25) is 4.99 Å². The molecule has 1 aliphatic heterocycles. The quantitative estimate of drug-likeness (QED) is 0.388. The summed E-state index contributed by atoms with van der Waals surface area (Å²) >= 11 is 0. The molecule has 2 rings (SSSR count). The van der Waals surface area contributed by atoms with Crippen LogP contribution in [0, 0.1) is 5.92 Å². The molecule has 5 heteroatoms. The van der Waals surface area contributed by atoms with Gasteiger partial charge in [-0.25, -0.2) is 0 Å². The van der Waals surface area contributed by atoms with Crippen molar-refractivity contribution in [1.82, 2.24) is 10.6 Å². The monoisotopic (exact) mass is 297 g/mol. The van der Waals surface area contributed by atoms with Crippen LogP contribution in [0.25, 0.3) is 0 Å². The van der Waals surface area contributed by atoms with E-state index in [0.29, 0.717) is 12.1 Å². The second kappa shape index (κ2) is 9.26. The summed E-state index contributed by atoms with van der Waals surface area (Å²) in [5.74, 6) is 1.78. The fourth-order valence-corrected chi connectivity index (χ4v) is 2.86. The summed E-state index contributed by atoms with van der Waals surface area (Å²) in [7, 11) is 1.83. The molecule has 0 aromatic rings. The molecule has 0 radical (unpaired) electrons. The second-order valence-corrected chi connectivity index (χ2v) is 6.10. The molecular formula is C16H31N3O2. The minimum Gasteiger partial charge on any atom is -0.379 e. The number of rotatable bonds is 9. The molecule has 1 saturated heterocycles. The zero-order valence-corrected chi connectivity index (χ0v) is 13.6. The van der Waals surface area contributed by atoms with Gasteiger partial charge >= 0.3 is 0 Å². The Balaban J connectivity index is 1.45. The second-order valence-electron chi connectivity index (χ2n) is 6.10. The van der Waals surface area contributed by atoms with Gasteiger partial charge in [-0.2, -0.15) is 0 Å². The van der Waals surface area contributed by atoms with Crippen molar-refractivity contribution in [1.29, 1.82) is 0 Å².